The van der Waals surface area contributed by atoms with E-state index in [1.807, 2.05) is 55.6 Å². The largest absolute Gasteiger partial charge is 0.479 e. The number of amides is 1. The normalized spacial score (nSPS) is 16.5. The van der Waals surface area contributed by atoms with Crippen molar-refractivity contribution in [1.82, 2.24) is 9.97 Å². The van der Waals surface area contributed by atoms with Crippen LogP contribution in [0.3, 0.4) is 0 Å². The molecule has 0 fully saturated rings. The number of hydrogen-bond acceptors (Lipinski definition) is 5. The Bertz CT molecular complexity index is 953. The minimum absolute atomic E-state index is 0.0166. The van der Waals surface area contributed by atoms with Crippen LogP contribution in [0.25, 0.3) is 22.0 Å². The van der Waals surface area contributed by atoms with Crippen LogP contribution in [0.4, 0.5) is 5.69 Å². The summed E-state index contributed by atoms with van der Waals surface area (Å²) in [7, 11) is 0. The van der Waals surface area contributed by atoms with Gasteiger partial charge in [0.15, 0.2) is 6.10 Å². The molecule has 5 nitrogen and oxygen atoms in total. The molecule has 2 aromatic heterocycles. The highest BCUT2D eigenvalue weighted by molar-refractivity contribution is 7.13. The van der Waals surface area contributed by atoms with E-state index < -0.39 is 6.10 Å². The van der Waals surface area contributed by atoms with Crippen molar-refractivity contribution in [3.8, 4) is 27.7 Å². The summed E-state index contributed by atoms with van der Waals surface area (Å²) in [6.07, 6.45) is 1.30. The number of benzene rings is 1. The number of hydrogen-bond donors (Lipinski definition) is 0. The molecule has 0 bridgehead atoms. The number of carbonyl (C=O) groups excluding carboxylic acids is 1. The van der Waals surface area contributed by atoms with E-state index >= 15 is 0 Å². The fourth-order valence-corrected chi connectivity index (χ4v) is 3.87. The van der Waals surface area contributed by atoms with E-state index in [2.05, 4.69) is 4.98 Å². The Balaban J connectivity index is 1.74. The average Bonchev–Trinajstić information content (AvgIpc) is 3.13. The Morgan fingerprint density at radius 1 is 1.19 bits per heavy atom. The van der Waals surface area contributed by atoms with Crippen LogP contribution in [0.1, 0.15) is 20.8 Å². The van der Waals surface area contributed by atoms with E-state index in [4.69, 9.17) is 9.72 Å². The van der Waals surface area contributed by atoms with Crippen molar-refractivity contribution in [2.75, 3.05) is 4.90 Å². The molecule has 1 unspecified atom stereocenters. The molecular formula is C20H19N3O2S. The zero-order chi connectivity index (χ0) is 18.3. The highest BCUT2D eigenvalue weighted by Crippen LogP contribution is 2.39. The minimum atomic E-state index is -0.467. The summed E-state index contributed by atoms with van der Waals surface area (Å²) in [6.45, 7) is 5.80. The van der Waals surface area contributed by atoms with Crippen molar-refractivity contribution in [2.45, 2.75) is 32.9 Å². The number of anilines is 1. The van der Waals surface area contributed by atoms with Gasteiger partial charge in [-0.15, -0.1) is 11.3 Å². The summed E-state index contributed by atoms with van der Waals surface area (Å²) in [6, 6.07) is 11.7. The van der Waals surface area contributed by atoms with Gasteiger partial charge in [0.05, 0.1) is 17.1 Å². The lowest BCUT2D eigenvalue weighted by Crippen LogP contribution is -2.47. The third-order valence-corrected chi connectivity index (χ3v) is 5.17. The predicted molar refractivity (Wildman–Crippen MR) is 103 cm³/mol. The molecule has 0 radical (unpaired) electrons. The summed E-state index contributed by atoms with van der Waals surface area (Å²) in [4.78, 5) is 23.4. The van der Waals surface area contributed by atoms with Crippen molar-refractivity contribution >= 4 is 22.9 Å². The molecular weight excluding hydrogens is 346 g/mol. The molecule has 132 valence electrons. The Kier molecular flexibility index (Phi) is 4.20. The molecule has 1 aromatic carbocycles. The molecule has 0 saturated carbocycles. The Morgan fingerprint density at radius 2 is 2.04 bits per heavy atom. The summed E-state index contributed by atoms with van der Waals surface area (Å²) in [5.41, 5.74) is 3.48. The van der Waals surface area contributed by atoms with Crippen LogP contribution in [-0.2, 0) is 4.79 Å². The van der Waals surface area contributed by atoms with Crippen molar-refractivity contribution in [3.05, 3.63) is 48.0 Å². The van der Waals surface area contributed by atoms with Crippen LogP contribution in [0.15, 0.2) is 48.0 Å². The fourth-order valence-electron chi connectivity index (χ4n) is 3.07. The molecule has 1 aliphatic rings. The Labute approximate surface area is 156 Å². The minimum Gasteiger partial charge on any atom is -0.479 e. The van der Waals surface area contributed by atoms with Crippen molar-refractivity contribution < 1.29 is 9.53 Å². The van der Waals surface area contributed by atoms with Crippen LogP contribution in [-0.4, -0.2) is 28.0 Å². The van der Waals surface area contributed by atoms with Crippen molar-refractivity contribution in [3.63, 3.8) is 0 Å². The van der Waals surface area contributed by atoms with Crippen molar-refractivity contribution in [2.24, 2.45) is 0 Å². The molecule has 6 heteroatoms. The van der Waals surface area contributed by atoms with Gasteiger partial charge in [0.25, 0.3) is 5.91 Å². The van der Waals surface area contributed by atoms with Gasteiger partial charge in [0.1, 0.15) is 10.8 Å². The number of ether oxygens (including phenoxy) is 1. The lowest BCUT2D eigenvalue weighted by Gasteiger charge is -2.35. The van der Waals surface area contributed by atoms with Gasteiger partial charge < -0.3 is 9.64 Å². The first-order valence-electron chi connectivity index (χ1n) is 8.55. The number of aromatic nitrogens is 2. The first kappa shape index (κ1) is 16.7. The molecule has 1 aliphatic heterocycles. The summed E-state index contributed by atoms with van der Waals surface area (Å²) in [5.74, 6) is 0.715. The Morgan fingerprint density at radius 3 is 2.77 bits per heavy atom. The van der Waals surface area contributed by atoms with Gasteiger partial charge in [-0.05, 0) is 51.1 Å². The highest BCUT2D eigenvalue weighted by Gasteiger charge is 2.33. The summed E-state index contributed by atoms with van der Waals surface area (Å²) < 4.78 is 5.77. The van der Waals surface area contributed by atoms with E-state index in [1.54, 1.807) is 29.4 Å². The fraction of sp³-hybridized carbons (Fsp3) is 0.250. The van der Waals surface area contributed by atoms with E-state index in [-0.39, 0.29) is 11.9 Å². The number of pyridine rings is 1. The maximum absolute atomic E-state index is 12.5. The number of carbonyl (C=O) groups is 1. The first-order chi connectivity index (χ1) is 12.5. The average molecular weight is 365 g/mol. The zero-order valence-electron chi connectivity index (χ0n) is 14.8. The second kappa shape index (κ2) is 6.53. The monoisotopic (exact) mass is 365 g/mol. The molecule has 0 spiro atoms. The number of fused-ring (bicyclic) bond motifs is 1. The van der Waals surface area contributed by atoms with E-state index in [0.29, 0.717) is 0 Å². The predicted octanol–water partition coefficient (Wildman–Crippen LogP) is 4.39. The lowest BCUT2D eigenvalue weighted by molar-refractivity contribution is -0.125. The first-order valence-corrected chi connectivity index (χ1v) is 9.43. The smallest absolute Gasteiger partial charge is 0.268 e. The number of thiazole rings is 1. The third-order valence-electron chi connectivity index (χ3n) is 4.31. The molecule has 3 aromatic rings. The van der Waals surface area contributed by atoms with Crippen LogP contribution < -0.4 is 9.64 Å². The second-order valence-electron chi connectivity index (χ2n) is 6.50. The van der Waals surface area contributed by atoms with Gasteiger partial charge in [0, 0.05) is 23.2 Å². The summed E-state index contributed by atoms with van der Waals surface area (Å²) >= 11 is 1.56. The highest BCUT2D eigenvalue weighted by atomic mass is 32.1. The molecule has 26 heavy (non-hydrogen) atoms. The van der Waals surface area contributed by atoms with E-state index in [9.17, 15) is 4.79 Å². The standard InChI is InChI=1S/C20H19N3O2S/c1-12(2)23-17-10-14(7-8-18(17)25-13(3)20(23)24)16-11-26-19(22-16)15-6-4-5-9-21-15/h4-13H,1-3H3. The number of rotatable bonds is 3. The lowest BCUT2D eigenvalue weighted by atomic mass is 10.1. The molecule has 3 heterocycles. The molecule has 0 N–H and O–H groups in total. The molecule has 1 atom stereocenters. The van der Waals surface area contributed by atoms with Crippen LogP contribution in [0.2, 0.25) is 0 Å². The summed E-state index contributed by atoms with van der Waals surface area (Å²) in [5, 5.41) is 2.89. The van der Waals surface area contributed by atoms with Gasteiger partial charge in [-0.2, -0.15) is 0 Å². The maximum atomic E-state index is 12.5. The molecule has 0 saturated heterocycles. The SMILES string of the molecule is CC1Oc2ccc(-c3csc(-c4ccccn4)n3)cc2N(C(C)C)C1=O. The van der Waals surface area contributed by atoms with Gasteiger partial charge in [-0.1, -0.05) is 6.07 Å². The van der Waals surface area contributed by atoms with Crippen molar-refractivity contribution in [1.29, 1.82) is 0 Å². The van der Waals surface area contributed by atoms with Gasteiger partial charge in [-0.3, -0.25) is 9.78 Å². The number of nitrogens with zero attached hydrogens (tertiary/aromatic N) is 3. The molecule has 1 amide bonds. The second-order valence-corrected chi connectivity index (χ2v) is 7.36. The van der Waals surface area contributed by atoms with Crippen LogP contribution in [0.5, 0.6) is 5.75 Å². The zero-order valence-corrected chi connectivity index (χ0v) is 15.7. The molecule has 0 aliphatic carbocycles. The van der Waals surface area contributed by atoms with Gasteiger partial charge >= 0.3 is 0 Å². The van der Waals surface area contributed by atoms with Gasteiger partial charge in [0.2, 0.25) is 0 Å². The topological polar surface area (TPSA) is 55.3 Å². The van der Waals surface area contributed by atoms with Crippen LogP contribution in [0, 0.1) is 0 Å². The quantitative estimate of drug-likeness (QED) is 0.690. The van der Waals surface area contributed by atoms with E-state index in [1.165, 1.54) is 0 Å². The molecule has 4 rings (SSSR count). The Hall–Kier alpha value is -2.73. The van der Waals surface area contributed by atoms with Crippen LogP contribution >= 0.6 is 11.3 Å². The van der Waals surface area contributed by atoms with E-state index in [0.717, 1.165) is 33.4 Å². The maximum Gasteiger partial charge on any atom is 0.268 e. The van der Waals surface area contributed by atoms with Gasteiger partial charge in [-0.25, -0.2) is 4.98 Å². The third kappa shape index (κ3) is 2.86.